The van der Waals surface area contributed by atoms with E-state index >= 15 is 0 Å². The maximum absolute atomic E-state index is 5.21. The first-order valence-corrected chi connectivity index (χ1v) is 6.56. The Bertz CT molecular complexity index is 226. The lowest BCUT2D eigenvalue weighted by Crippen LogP contribution is -1.87. The summed E-state index contributed by atoms with van der Waals surface area (Å²) in [5.41, 5.74) is 2.91. The third kappa shape index (κ3) is 4.87. The SMILES string of the molecule is CSCC=C(C)CCC=C(C)C1CO1. The summed E-state index contributed by atoms with van der Waals surface area (Å²) in [4.78, 5) is 0. The fourth-order valence-electron chi connectivity index (χ4n) is 1.30. The average Bonchev–Trinajstić information content (AvgIpc) is 2.97. The van der Waals surface area contributed by atoms with Gasteiger partial charge in [-0.3, -0.25) is 0 Å². The first-order valence-electron chi connectivity index (χ1n) is 5.17. The van der Waals surface area contributed by atoms with Crippen LogP contribution in [0.3, 0.4) is 0 Å². The van der Waals surface area contributed by atoms with E-state index < -0.39 is 0 Å². The van der Waals surface area contributed by atoms with Crippen LogP contribution in [-0.4, -0.2) is 24.7 Å². The van der Waals surface area contributed by atoms with Gasteiger partial charge in [-0.15, -0.1) is 0 Å². The average molecular weight is 212 g/mol. The molecule has 0 aromatic carbocycles. The molecular formula is C12H20OS. The summed E-state index contributed by atoms with van der Waals surface area (Å²) in [6, 6.07) is 0. The number of hydrogen-bond acceptors (Lipinski definition) is 2. The second-order valence-electron chi connectivity index (χ2n) is 3.81. The Hall–Kier alpha value is -0.210. The van der Waals surface area contributed by atoms with Gasteiger partial charge >= 0.3 is 0 Å². The summed E-state index contributed by atoms with van der Waals surface area (Å²) in [6.07, 6.45) is 9.56. The van der Waals surface area contributed by atoms with Crippen LogP contribution >= 0.6 is 11.8 Å². The predicted octanol–water partition coefficient (Wildman–Crippen LogP) is 3.42. The van der Waals surface area contributed by atoms with Crippen LogP contribution in [0.5, 0.6) is 0 Å². The summed E-state index contributed by atoms with van der Waals surface area (Å²) < 4.78 is 5.21. The monoisotopic (exact) mass is 212 g/mol. The Morgan fingerprint density at radius 2 is 2.14 bits per heavy atom. The molecule has 0 saturated carbocycles. The van der Waals surface area contributed by atoms with Gasteiger partial charge in [0.15, 0.2) is 0 Å². The highest BCUT2D eigenvalue weighted by atomic mass is 32.2. The Balaban J connectivity index is 2.16. The van der Waals surface area contributed by atoms with E-state index in [1.54, 1.807) is 0 Å². The highest BCUT2D eigenvalue weighted by Crippen LogP contribution is 2.20. The third-order valence-electron chi connectivity index (χ3n) is 2.44. The predicted molar refractivity (Wildman–Crippen MR) is 64.9 cm³/mol. The van der Waals surface area contributed by atoms with Gasteiger partial charge in [-0.05, 0) is 38.5 Å². The molecule has 0 radical (unpaired) electrons. The number of allylic oxidation sites excluding steroid dienone is 2. The maximum Gasteiger partial charge on any atom is 0.102 e. The van der Waals surface area contributed by atoms with Gasteiger partial charge in [0.1, 0.15) is 6.10 Å². The molecule has 1 saturated heterocycles. The Labute approximate surface area is 91.6 Å². The molecule has 1 heterocycles. The zero-order valence-corrected chi connectivity index (χ0v) is 10.2. The smallest absolute Gasteiger partial charge is 0.102 e. The fraction of sp³-hybridized carbons (Fsp3) is 0.667. The minimum Gasteiger partial charge on any atom is -0.368 e. The molecule has 0 N–H and O–H groups in total. The normalized spacial score (nSPS) is 22.6. The molecular weight excluding hydrogens is 192 g/mol. The largest absolute Gasteiger partial charge is 0.368 e. The van der Waals surface area contributed by atoms with Crippen LogP contribution in [0.2, 0.25) is 0 Å². The summed E-state index contributed by atoms with van der Waals surface area (Å²) in [5.74, 6) is 1.14. The summed E-state index contributed by atoms with van der Waals surface area (Å²) in [6.45, 7) is 5.31. The molecule has 1 rings (SSSR count). The highest BCUT2D eigenvalue weighted by Gasteiger charge is 2.23. The number of thioether (sulfide) groups is 1. The molecule has 0 spiro atoms. The van der Waals surface area contributed by atoms with Crippen molar-refractivity contribution >= 4 is 11.8 Å². The first-order chi connectivity index (χ1) is 6.74. The molecule has 2 heteroatoms. The van der Waals surface area contributed by atoms with E-state index in [0.717, 1.165) is 18.8 Å². The van der Waals surface area contributed by atoms with E-state index in [1.165, 1.54) is 17.6 Å². The van der Waals surface area contributed by atoms with Crippen molar-refractivity contribution in [2.45, 2.75) is 32.8 Å². The van der Waals surface area contributed by atoms with E-state index in [0.29, 0.717) is 6.10 Å². The number of epoxide rings is 1. The first kappa shape index (κ1) is 11.9. The van der Waals surface area contributed by atoms with Crippen molar-refractivity contribution in [2.75, 3.05) is 18.6 Å². The summed E-state index contributed by atoms with van der Waals surface area (Å²) in [5, 5.41) is 0. The maximum atomic E-state index is 5.21. The molecule has 0 aliphatic carbocycles. The van der Waals surface area contributed by atoms with Crippen LogP contribution in [0, 0.1) is 0 Å². The van der Waals surface area contributed by atoms with Gasteiger partial charge in [0.25, 0.3) is 0 Å². The van der Waals surface area contributed by atoms with Crippen molar-refractivity contribution < 1.29 is 4.74 Å². The van der Waals surface area contributed by atoms with Crippen LogP contribution in [-0.2, 0) is 4.74 Å². The molecule has 80 valence electrons. The number of rotatable bonds is 6. The van der Waals surface area contributed by atoms with Gasteiger partial charge < -0.3 is 4.74 Å². The molecule has 1 unspecified atom stereocenters. The molecule has 1 aliphatic rings. The van der Waals surface area contributed by atoms with Gasteiger partial charge in [-0.25, -0.2) is 0 Å². The van der Waals surface area contributed by atoms with Crippen molar-refractivity contribution in [3.8, 4) is 0 Å². The molecule has 0 aromatic heterocycles. The van der Waals surface area contributed by atoms with E-state index in [9.17, 15) is 0 Å². The van der Waals surface area contributed by atoms with Crippen LogP contribution in [0.15, 0.2) is 23.3 Å². The van der Waals surface area contributed by atoms with Crippen molar-refractivity contribution in [1.82, 2.24) is 0 Å². The lowest BCUT2D eigenvalue weighted by Gasteiger charge is -1.99. The molecule has 1 fully saturated rings. The lowest BCUT2D eigenvalue weighted by molar-refractivity contribution is 0.431. The zero-order valence-electron chi connectivity index (χ0n) is 9.38. The van der Waals surface area contributed by atoms with Crippen LogP contribution in [0.1, 0.15) is 26.7 Å². The summed E-state index contributed by atoms with van der Waals surface area (Å²) >= 11 is 1.87. The topological polar surface area (TPSA) is 12.5 Å². The summed E-state index contributed by atoms with van der Waals surface area (Å²) in [7, 11) is 0. The Morgan fingerprint density at radius 3 is 2.71 bits per heavy atom. The van der Waals surface area contributed by atoms with E-state index in [-0.39, 0.29) is 0 Å². The van der Waals surface area contributed by atoms with Crippen LogP contribution in [0.25, 0.3) is 0 Å². The number of hydrogen-bond donors (Lipinski definition) is 0. The van der Waals surface area contributed by atoms with Crippen molar-refractivity contribution in [2.24, 2.45) is 0 Å². The van der Waals surface area contributed by atoms with Crippen molar-refractivity contribution in [3.63, 3.8) is 0 Å². The second-order valence-corrected chi connectivity index (χ2v) is 4.73. The molecule has 0 aromatic rings. The molecule has 14 heavy (non-hydrogen) atoms. The van der Waals surface area contributed by atoms with Crippen molar-refractivity contribution in [3.05, 3.63) is 23.3 Å². The number of ether oxygens (including phenoxy) is 1. The lowest BCUT2D eigenvalue weighted by atomic mass is 10.1. The van der Waals surface area contributed by atoms with Gasteiger partial charge in [0.2, 0.25) is 0 Å². The van der Waals surface area contributed by atoms with Gasteiger partial charge in [-0.1, -0.05) is 17.7 Å². The van der Waals surface area contributed by atoms with Crippen LogP contribution in [0.4, 0.5) is 0 Å². The molecule has 0 amide bonds. The zero-order chi connectivity index (χ0) is 10.4. The highest BCUT2D eigenvalue weighted by molar-refractivity contribution is 7.98. The molecule has 0 bridgehead atoms. The Morgan fingerprint density at radius 1 is 1.43 bits per heavy atom. The molecule has 1 nitrogen and oxygen atoms in total. The third-order valence-corrected chi connectivity index (χ3v) is 2.94. The standard InChI is InChI=1S/C12H20OS/c1-10(7-8-14-3)5-4-6-11(2)12-9-13-12/h6-7,12H,4-5,8-9H2,1-3H3. The Kier molecular flexibility index (Phi) is 5.34. The second kappa shape index (κ2) is 6.31. The van der Waals surface area contributed by atoms with E-state index in [1.807, 2.05) is 11.8 Å². The van der Waals surface area contributed by atoms with Gasteiger partial charge in [0, 0.05) is 5.75 Å². The van der Waals surface area contributed by atoms with Crippen LogP contribution < -0.4 is 0 Å². The molecule has 1 atom stereocenters. The van der Waals surface area contributed by atoms with Gasteiger partial charge in [-0.2, -0.15) is 11.8 Å². The quantitative estimate of drug-likeness (QED) is 0.494. The van der Waals surface area contributed by atoms with Gasteiger partial charge in [0.05, 0.1) is 6.61 Å². The van der Waals surface area contributed by atoms with Crippen molar-refractivity contribution in [1.29, 1.82) is 0 Å². The van der Waals surface area contributed by atoms with E-state index in [4.69, 9.17) is 4.74 Å². The van der Waals surface area contributed by atoms with E-state index in [2.05, 4.69) is 32.3 Å². The minimum absolute atomic E-state index is 0.450. The fourth-order valence-corrected chi connectivity index (χ4v) is 1.75. The molecule has 1 aliphatic heterocycles. The minimum atomic E-state index is 0.450.